The largest absolute Gasteiger partial charge is 0.465 e. The number of carbonyl (C=O) groups excluding carboxylic acids is 2. The fourth-order valence-corrected chi connectivity index (χ4v) is 5.00. The van der Waals surface area contributed by atoms with Crippen LogP contribution >= 0.6 is 34.4 Å². The molecule has 2 aromatic heterocycles. The molecule has 0 bridgehead atoms. The Bertz CT molecular complexity index is 1140. The summed E-state index contributed by atoms with van der Waals surface area (Å²) < 4.78 is 6.39. The van der Waals surface area contributed by atoms with E-state index in [4.69, 9.17) is 0 Å². The van der Waals surface area contributed by atoms with E-state index in [1.54, 1.807) is 12.1 Å². The molecular formula is C19H14N4O3S3. The number of methoxy groups -OCH3 is 1. The summed E-state index contributed by atoms with van der Waals surface area (Å²) in [5.74, 6) is 0.0150. The lowest BCUT2D eigenvalue weighted by Gasteiger charge is -2.01. The van der Waals surface area contributed by atoms with Crippen molar-refractivity contribution in [3.05, 3.63) is 64.7 Å². The summed E-state index contributed by atoms with van der Waals surface area (Å²) in [6.07, 6.45) is 0. The van der Waals surface area contributed by atoms with Crippen LogP contribution in [0.25, 0.3) is 10.2 Å². The van der Waals surface area contributed by atoms with Gasteiger partial charge in [0.2, 0.25) is 5.13 Å². The first-order chi connectivity index (χ1) is 14.1. The van der Waals surface area contributed by atoms with Crippen molar-refractivity contribution in [2.45, 2.75) is 10.1 Å². The predicted molar refractivity (Wildman–Crippen MR) is 115 cm³/mol. The monoisotopic (exact) mass is 442 g/mol. The summed E-state index contributed by atoms with van der Waals surface area (Å²) in [5.41, 5.74) is 2.35. The molecule has 0 atom stereocenters. The molecule has 0 aliphatic heterocycles. The third kappa shape index (κ3) is 4.61. The number of carbonyl (C=O) groups is 2. The predicted octanol–water partition coefficient (Wildman–Crippen LogP) is 4.48. The van der Waals surface area contributed by atoms with Crippen LogP contribution in [-0.2, 0) is 10.5 Å². The van der Waals surface area contributed by atoms with E-state index in [1.807, 2.05) is 36.4 Å². The summed E-state index contributed by atoms with van der Waals surface area (Å²) in [7, 11) is 1.36. The quantitative estimate of drug-likeness (QED) is 0.267. The number of thiazole rings is 1. The van der Waals surface area contributed by atoms with Crippen molar-refractivity contribution >= 4 is 61.7 Å². The Labute approximate surface area is 178 Å². The lowest BCUT2D eigenvalue weighted by atomic mass is 10.1. The molecule has 7 nitrogen and oxygen atoms in total. The minimum atomic E-state index is -0.359. The van der Waals surface area contributed by atoms with Gasteiger partial charge in [0.15, 0.2) is 9.35 Å². The molecule has 4 aromatic rings. The maximum atomic E-state index is 12.4. The topological polar surface area (TPSA) is 94.1 Å². The summed E-state index contributed by atoms with van der Waals surface area (Å²) in [4.78, 5) is 28.2. The Morgan fingerprint density at radius 1 is 1.07 bits per heavy atom. The molecule has 0 radical (unpaired) electrons. The Morgan fingerprint density at radius 2 is 1.86 bits per heavy atom. The molecule has 0 aliphatic carbocycles. The Balaban J connectivity index is 1.35. The molecule has 0 unspecified atom stereocenters. The number of rotatable bonds is 6. The van der Waals surface area contributed by atoms with Gasteiger partial charge in [-0.1, -0.05) is 47.4 Å². The van der Waals surface area contributed by atoms with Crippen molar-refractivity contribution in [1.82, 2.24) is 15.2 Å². The van der Waals surface area contributed by atoms with E-state index in [-0.39, 0.29) is 11.9 Å². The van der Waals surface area contributed by atoms with Gasteiger partial charge in [0.1, 0.15) is 0 Å². The number of thioether (sulfide) groups is 1. The van der Waals surface area contributed by atoms with E-state index in [2.05, 4.69) is 25.2 Å². The van der Waals surface area contributed by atoms with Crippen molar-refractivity contribution in [2.75, 3.05) is 12.4 Å². The van der Waals surface area contributed by atoms with Crippen LogP contribution in [0, 0.1) is 0 Å². The van der Waals surface area contributed by atoms with Gasteiger partial charge in [-0.2, -0.15) is 0 Å². The Morgan fingerprint density at radius 3 is 2.62 bits per heavy atom. The molecule has 2 aromatic carbocycles. The van der Waals surface area contributed by atoms with E-state index >= 15 is 0 Å². The first kappa shape index (κ1) is 19.5. The van der Waals surface area contributed by atoms with Crippen LogP contribution in [-0.4, -0.2) is 34.2 Å². The van der Waals surface area contributed by atoms with Gasteiger partial charge in [0, 0.05) is 5.75 Å². The highest BCUT2D eigenvalue weighted by Gasteiger charge is 2.15. The van der Waals surface area contributed by atoms with E-state index < -0.39 is 0 Å². The minimum Gasteiger partial charge on any atom is -0.465 e. The number of fused-ring (bicyclic) bond motifs is 1. The number of aromatic nitrogens is 3. The van der Waals surface area contributed by atoms with Crippen molar-refractivity contribution in [2.24, 2.45) is 0 Å². The lowest BCUT2D eigenvalue weighted by Crippen LogP contribution is -2.11. The highest BCUT2D eigenvalue weighted by Crippen LogP contribution is 2.29. The van der Waals surface area contributed by atoms with Gasteiger partial charge >= 0.3 is 5.97 Å². The first-order valence-corrected chi connectivity index (χ1v) is 11.0. The lowest BCUT2D eigenvalue weighted by molar-refractivity contribution is 0.0600. The third-order valence-corrected chi connectivity index (χ3v) is 6.93. The summed E-state index contributed by atoms with van der Waals surface area (Å²) in [6, 6.07) is 14.8. The van der Waals surface area contributed by atoms with E-state index in [9.17, 15) is 9.59 Å². The minimum absolute atomic E-state index is 0.294. The van der Waals surface area contributed by atoms with Crippen molar-refractivity contribution in [3.63, 3.8) is 0 Å². The Kier molecular flexibility index (Phi) is 5.84. The molecule has 0 saturated heterocycles. The zero-order valence-electron chi connectivity index (χ0n) is 15.1. The zero-order chi connectivity index (χ0) is 20.2. The molecule has 0 saturated carbocycles. The van der Waals surface area contributed by atoms with Crippen LogP contribution in [0.15, 0.2) is 52.9 Å². The van der Waals surface area contributed by atoms with Gasteiger partial charge in [-0.3, -0.25) is 10.1 Å². The SMILES string of the molecule is COC(=O)c1ccc(CSc2nnc(NC(=O)c3nc4ccccc4s3)s2)cc1. The van der Waals surface area contributed by atoms with Crippen molar-refractivity contribution in [3.8, 4) is 0 Å². The van der Waals surface area contributed by atoms with E-state index in [0.717, 1.165) is 20.1 Å². The van der Waals surface area contributed by atoms with Gasteiger partial charge in [-0.05, 0) is 29.8 Å². The van der Waals surface area contributed by atoms with Gasteiger partial charge in [0.05, 0.1) is 22.9 Å². The van der Waals surface area contributed by atoms with Crippen LogP contribution < -0.4 is 5.32 Å². The number of esters is 1. The van der Waals surface area contributed by atoms with Crippen LogP contribution in [0.4, 0.5) is 5.13 Å². The average Bonchev–Trinajstić information content (AvgIpc) is 3.38. The van der Waals surface area contributed by atoms with Gasteiger partial charge < -0.3 is 4.74 Å². The second-order valence-electron chi connectivity index (χ2n) is 5.79. The van der Waals surface area contributed by atoms with Gasteiger partial charge in [-0.15, -0.1) is 21.5 Å². The highest BCUT2D eigenvalue weighted by atomic mass is 32.2. The number of para-hydroxylation sites is 1. The number of amides is 1. The molecule has 0 fully saturated rings. The fraction of sp³-hybridized carbons (Fsp3) is 0.105. The van der Waals surface area contributed by atoms with Crippen molar-refractivity contribution in [1.29, 1.82) is 0 Å². The smallest absolute Gasteiger partial charge is 0.337 e. The molecule has 146 valence electrons. The van der Waals surface area contributed by atoms with E-state index in [0.29, 0.717) is 21.5 Å². The molecule has 2 heterocycles. The van der Waals surface area contributed by atoms with Gasteiger partial charge in [0.25, 0.3) is 5.91 Å². The molecule has 1 amide bonds. The maximum absolute atomic E-state index is 12.4. The molecule has 4 rings (SSSR count). The van der Waals surface area contributed by atoms with Crippen molar-refractivity contribution < 1.29 is 14.3 Å². The zero-order valence-corrected chi connectivity index (χ0v) is 17.6. The molecule has 29 heavy (non-hydrogen) atoms. The summed E-state index contributed by atoms with van der Waals surface area (Å²) >= 11 is 4.15. The molecule has 0 spiro atoms. The summed E-state index contributed by atoms with van der Waals surface area (Å²) in [6.45, 7) is 0. The second kappa shape index (κ2) is 8.68. The number of nitrogens with zero attached hydrogens (tertiary/aromatic N) is 3. The van der Waals surface area contributed by atoms with Crippen LogP contribution in [0.3, 0.4) is 0 Å². The average molecular weight is 443 g/mol. The molecule has 1 N–H and O–H groups in total. The number of benzene rings is 2. The third-order valence-electron chi connectivity index (χ3n) is 3.85. The van der Waals surface area contributed by atoms with Crippen LogP contribution in [0.1, 0.15) is 25.7 Å². The standard InChI is InChI=1S/C19H14N4O3S3/c1-26-17(25)12-8-6-11(7-9-12)10-27-19-23-22-18(29-19)21-15(24)16-20-13-4-2-3-5-14(13)28-16/h2-9H,10H2,1H3,(H,21,22,24). The first-order valence-electron chi connectivity index (χ1n) is 8.43. The normalized spacial score (nSPS) is 10.8. The number of anilines is 1. The fourth-order valence-electron chi connectivity index (χ4n) is 2.44. The maximum Gasteiger partial charge on any atom is 0.337 e. The molecular weight excluding hydrogens is 428 g/mol. The number of hydrogen-bond donors (Lipinski definition) is 1. The van der Waals surface area contributed by atoms with Crippen LogP contribution in [0.5, 0.6) is 0 Å². The Hall–Kier alpha value is -2.82. The summed E-state index contributed by atoms with van der Waals surface area (Å²) in [5, 5.41) is 11.7. The molecule has 10 heteroatoms. The van der Waals surface area contributed by atoms with Crippen LogP contribution in [0.2, 0.25) is 0 Å². The second-order valence-corrected chi connectivity index (χ2v) is 9.02. The molecule has 0 aliphatic rings. The number of ether oxygens (including phenoxy) is 1. The highest BCUT2D eigenvalue weighted by molar-refractivity contribution is 8.00. The number of hydrogen-bond acceptors (Lipinski definition) is 9. The number of nitrogens with one attached hydrogen (secondary N) is 1. The van der Waals surface area contributed by atoms with Gasteiger partial charge in [-0.25, -0.2) is 9.78 Å². The van der Waals surface area contributed by atoms with E-state index in [1.165, 1.54) is 41.5 Å².